The molecule has 29 heavy (non-hydrogen) atoms. The molecule has 0 spiro atoms. The molecule has 0 fully saturated rings. The van der Waals surface area contributed by atoms with Crippen LogP contribution in [0.3, 0.4) is 0 Å². The molecule has 0 atom stereocenters. The highest BCUT2D eigenvalue weighted by molar-refractivity contribution is 5.92. The molecule has 0 radical (unpaired) electrons. The SMILES string of the molecule is Cc1nc2c3ccccc3nn2c(C)c1CCC(=O)Nc1n[nH]c(CC(C)C)n1. The standard InChI is InChI=1S/C21H25N7O/c1-12(2)11-18-23-21(26-25-18)24-19(29)10-9-15-13(3)22-20-16-7-5-6-8-17(16)27-28(20)14(15)4/h5-8,12H,9-11H2,1-4H3,(H2,23,24,25,26,29). The van der Waals surface area contributed by atoms with Gasteiger partial charge >= 0.3 is 0 Å². The van der Waals surface area contributed by atoms with E-state index in [0.29, 0.717) is 24.7 Å². The molecule has 0 saturated heterocycles. The van der Waals surface area contributed by atoms with E-state index in [1.165, 1.54) is 0 Å². The van der Waals surface area contributed by atoms with Crippen LogP contribution in [0.15, 0.2) is 24.3 Å². The van der Waals surface area contributed by atoms with Crippen LogP contribution in [0.25, 0.3) is 16.6 Å². The van der Waals surface area contributed by atoms with E-state index in [-0.39, 0.29) is 5.91 Å². The first kappa shape index (κ1) is 19.0. The third-order valence-corrected chi connectivity index (χ3v) is 5.00. The lowest BCUT2D eigenvalue weighted by Gasteiger charge is -2.10. The molecule has 0 aliphatic heterocycles. The van der Waals surface area contributed by atoms with Crippen LogP contribution in [-0.4, -0.2) is 35.7 Å². The molecule has 0 aliphatic carbocycles. The third-order valence-electron chi connectivity index (χ3n) is 5.00. The lowest BCUT2D eigenvalue weighted by Crippen LogP contribution is -2.15. The van der Waals surface area contributed by atoms with Crippen molar-refractivity contribution >= 4 is 28.4 Å². The first-order valence-corrected chi connectivity index (χ1v) is 9.87. The molecule has 0 saturated carbocycles. The van der Waals surface area contributed by atoms with Gasteiger partial charge in [0.2, 0.25) is 11.9 Å². The van der Waals surface area contributed by atoms with Crippen LogP contribution in [0.4, 0.5) is 5.95 Å². The van der Waals surface area contributed by atoms with Crippen LogP contribution in [0.1, 0.15) is 43.0 Å². The summed E-state index contributed by atoms with van der Waals surface area (Å²) < 4.78 is 1.87. The van der Waals surface area contributed by atoms with Crippen molar-refractivity contribution in [2.45, 2.75) is 47.0 Å². The summed E-state index contributed by atoms with van der Waals surface area (Å²) in [6.45, 7) is 8.22. The molecule has 0 aliphatic rings. The van der Waals surface area contributed by atoms with Gasteiger partial charge in [-0.2, -0.15) is 10.1 Å². The van der Waals surface area contributed by atoms with Gasteiger partial charge in [-0.15, -0.1) is 5.10 Å². The van der Waals surface area contributed by atoms with Gasteiger partial charge < -0.3 is 0 Å². The number of nitrogens with zero attached hydrogens (tertiary/aromatic N) is 5. The van der Waals surface area contributed by atoms with E-state index in [4.69, 9.17) is 4.98 Å². The Kier molecular flexibility index (Phi) is 5.00. The summed E-state index contributed by atoms with van der Waals surface area (Å²) in [5.74, 6) is 1.46. The number of nitrogens with one attached hydrogen (secondary N) is 2. The molecule has 150 valence electrons. The number of aryl methyl sites for hydroxylation is 2. The van der Waals surface area contributed by atoms with Gasteiger partial charge in [0, 0.05) is 29.6 Å². The molecular formula is C21H25N7O. The summed E-state index contributed by atoms with van der Waals surface area (Å²) in [6.07, 6.45) is 1.70. The van der Waals surface area contributed by atoms with Crippen molar-refractivity contribution in [1.82, 2.24) is 29.8 Å². The van der Waals surface area contributed by atoms with Gasteiger partial charge in [-0.1, -0.05) is 26.0 Å². The van der Waals surface area contributed by atoms with Gasteiger partial charge in [-0.05, 0) is 43.9 Å². The Morgan fingerprint density at radius 2 is 2.00 bits per heavy atom. The fraction of sp³-hybridized carbons (Fsp3) is 0.381. The van der Waals surface area contributed by atoms with Crippen molar-refractivity contribution in [2.75, 3.05) is 5.32 Å². The largest absolute Gasteiger partial charge is 0.293 e. The number of carbonyl (C=O) groups excluding carboxylic acids is 1. The van der Waals surface area contributed by atoms with Crippen LogP contribution in [-0.2, 0) is 17.6 Å². The summed E-state index contributed by atoms with van der Waals surface area (Å²) in [5, 5.41) is 15.4. The lowest BCUT2D eigenvalue weighted by molar-refractivity contribution is -0.116. The van der Waals surface area contributed by atoms with Crippen molar-refractivity contribution < 1.29 is 4.79 Å². The zero-order valence-corrected chi connectivity index (χ0v) is 17.2. The Bertz CT molecular complexity index is 1190. The lowest BCUT2D eigenvalue weighted by atomic mass is 10.1. The van der Waals surface area contributed by atoms with E-state index in [2.05, 4.69) is 39.4 Å². The van der Waals surface area contributed by atoms with E-state index >= 15 is 0 Å². The number of aromatic nitrogens is 6. The van der Waals surface area contributed by atoms with Gasteiger partial charge in [0.05, 0.1) is 5.52 Å². The smallest absolute Gasteiger partial charge is 0.248 e. The number of fused-ring (bicyclic) bond motifs is 3. The van der Waals surface area contributed by atoms with E-state index in [1.807, 2.05) is 42.6 Å². The second kappa shape index (κ2) is 7.62. The number of anilines is 1. The van der Waals surface area contributed by atoms with Crippen molar-refractivity contribution in [3.05, 3.63) is 47.0 Å². The minimum absolute atomic E-state index is 0.121. The summed E-state index contributed by atoms with van der Waals surface area (Å²) in [7, 11) is 0. The number of hydrogen-bond acceptors (Lipinski definition) is 5. The molecule has 2 N–H and O–H groups in total. The Morgan fingerprint density at radius 3 is 2.79 bits per heavy atom. The van der Waals surface area contributed by atoms with E-state index in [0.717, 1.165) is 45.7 Å². The summed E-state index contributed by atoms with van der Waals surface area (Å²) >= 11 is 0. The third kappa shape index (κ3) is 3.83. The van der Waals surface area contributed by atoms with E-state index in [1.54, 1.807) is 0 Å². The highest BCUT2D eigenvalue weighted by Gasteiger charge is 2.15. The highest BCUT2D eigenvalue weighted by Crippen LogP contribution is 2.23. The first-order valence-electron chi connectivity index (χ1n) is 9.87. The average molecular weight is 391 g/mol. The molecular weight excluding hydrogens is 366 g/mol. The maximum atomic E-state index is 12.4. The van der Waals surface area contributed by atoms with Crippen molar-refractivity contribution in [3.8, 4) is 0 Å². The monoisotopic (exact) mass is 391 g/mol. The molecule has 4 aromatic rings. The number of H-pyrrole nitrogens is 1. The average Bonchev–Trinajstić information content (AvgIpc) is 3.25. The van der Waals surface area contributed by atoms with Crippen molar-refractivity contribution in [1.29, 1.82) is 0 Å². The molecule has 8 heteroatoms. The Labute approximate surface area is 168 Å². The summed E-state index contributed by atoms with van der Waals surface area (Å²) in [4.78, 5) is 21.5. The normalized spacial score (nSPS) is 11.6. The van der Waals surface area contributed by atoms with Crippen LogP contribution in [0.2, 0.25) is 0 Å². The van der Waals surface area contributed by atoms with Crippen molar-refractivity contribution in [3.63, 3.8) is 0 Å². The van der Waals surface area contributed by atoms with Gasteiger partial charge in [0.25, 0.3) is 0 Å². The van der Waals surface area contributed by atoms with Crippen LogP contribution < -0.4 is 5.32 Å². The fourth-order valence-electron chi connectivity index (χ4n) is 3.59. The fourth-order valence-corrected chi connectivity index (χ4v) is 3.59. The van der Waals surface area contributed by atoms with Crippen molar-refractivity contribution in [2.24, 2.45) is 5.92 Å². The number of benzene rings is 1. The predicted octanol–water partition coefficient (Wildman–Crippen LogP) is 3.39. The van der Waals surface area contributed by atoms with Gasteiger partial charge in [-0.25, -0.2) is 9.50 Å². The molecule has 1 aromatic carbocycles. The highest BCUT2D eigenvalue weighted by atomic mass is 16.1. The van der Waals surface area contributed by atoms with Crippen LogP contribution in [0, 0.1) is 19.8 Å². The first-order chi connectivity index (χ1) is 13.9. The number of hydrogen-bond donors (Lipinski definition) is 2. The summed E-state index contributed by atoms with van der Waals surface area (Å²) in [5.41, 5.74) is 4.73. The number of carbonyl (C=O) groups is 1. The maximum Gasteiger partial charge on any atom is 0.248 e. The minimum Gasteiger partial charge on any atom is -0.293 e. The Morgan fingerprint density at radius 1 is 1.21 bits per heavy atom. The molecule has 0 bridgehead atoms. The molecule has 8 nitrogen and oxygen atoms in total. The Hall–Kier alpha value is -3.29. The Balaban J connectivity index is 1.50. The summed E-state index contributed by atoms with van der Waals surface area (Å²) in [6, 6.07) is 7.97. The number of rotatable bonds is 6. The number of amides is 1. The second-order valence-electron chi connectivity index (χ2n) is 7.77. The second-order valence-corrected chi connectivity index (χ2v) is 7.77. The van der Waals surface area contributed by atoms with E-state index < -0.39 is 0 Å². The zero-order valence-electron chi connectivity index (χ0n) is 17.2. The molecule has 4 rings (SSSR count). The quantitative estimate of drug-likeness (QED) is 0.525. The zero-order chi connectivity index (χ0) is 20.5. The minimum atomic E-state index is -0.121. The van der Waals surface area contributed by atoms with Gasteiger partial charge in [-0.3, -0.25) is 15.2 Å². The van der Waals surface area contributed by atoms with Crippen LogP contribution in [0.5, 0.6) is 0 Å². The molecule has 1 amide bonds. The molecule has 0 unspecified atom stereocenters. The predicted molar refractivity (Wildman–Crippen MR) is 112 cm³/mol. The molecule has 3 heterocycles. The van der Waals surface area contributed by atoms with Gasteiger partial charge in [0.15, 0.2) is 5.65 Å². The topological polar surface area (TPSA) is 101 Å². The van der Waals surface area contributed by atoms with Crippen LogP contribution >= 0.6 is 0 Å². The van der Waals surface area contributed by atoms with Gasteiger partial charge in [0.1, 0.15) is 5.82 Å². The molecule has 3 aromatic heterocycles. The van der Waals surface area contributed by atoms with E-state index in [9.17, 15) is 4.79 Å². The maximum absolute atomic E-state index is 12.4. The number of aromatic amines is 1.